The van der Waals surface area contributed by atoms with Crippen molar-refractivity contribution >= 4 is 17.6 Å². The molecule has 23 heavy (non-hydrogen) atoms. The summed E-state index contributed by atoms with van der Waals surface area (Å²) in [4.78, 5) is 25.9. The van der Waals surface area contributed by atoms with Crippen LogP contribution in [0, 0.1) is 5.92 Å². The molecule has 0 saturated carbocycles. The molecule has 1 N–H and O–H groups in total. The molecule has 0 unspecified atom stereocenters. The molecule has 0 bridgehead atoms. The fourth-order valence-electron chi connectivity index (χ4n) is 2.23. The van der Waals surface area contributed by atoms with Crippen LogP contribution in [0.3, 0.4) is 0 Å². The van der Waals surface area contributed by atoms with E-state index < -0.39 is 0 Å². The van der Waals surface area contributed by atoms with Crippen LogP contribution in [0.4, 0.5) is 5.82 Å². The van der Waals surface area contributed by atoms with Gasteiger partial charge in [-0.1, -0.05) is 41.5 Å². The summed E-state index contributed by atoms with van der Waals surface area (Å²) >= 11 is 0. The molecule has 1 aromatic rings. The Labute approximate surface area is 139 Å². The SMILES string of the molecule is CCC(=O)N(CC(=O)Nc1cc(C(C)(C)C)nn1C)CC(C)C. The Bertz CT molecular complexity index is 555. The summed E-state index contributed by atoms with van der Waals surface area (Å²) in [6.45, 7) is 12.8. The molecule has 0 aromatic carbocycles. The van der Waals surface area contributed by atoms with Gasteiger partial charge in [0.1, 0.15) is 5.82 Å². The fraction of sp³-hybridized carbons (Fsp3) is 0.706. The van der Waals surface area contributed by atoms with Gasteiger partial charge in [-0.25, -0.2) is 0 Å². The maximum atomic E-state index is 12.3. The molecule has 0 aliphatic heterocycles. The van der Waals surface area contributed by atoms with Gasteiger partial charge in [-0.05, 0) is 5.92 Å². The van der Waals surface area contributed by atoms with E-state index in [0.29, 0.717) is 24.7 Å². The van der Waals surface area contributed by atoms with E-state index in [-0.39, 0.29) is 23.8 Å². The summed E-state index contributed by atoms with van der Waals surface area (Å²) in [5.74, 6) is 0.765. The third kappa shape index (κ3) is 5.69. The molecule has 0 spiro atoms. The Hall–Kier alpha value is -1.85. The van der Waals surface area contributed by atoms with Crippen LogP contribution >= 0.6 is 0 Å². The highest BCUT2D eigenvalue weighted by atomic mass is 16.2. The molecule has 6 nitrogen and oxygen atoms in total. The van der Waals surface area contributed by atoms with Gasteiger partial charge in [0.15, 0.2) is 0 Å². The average Bonchev–Trinajstić information content (AvgIpc) is 2.78. The predicted molar refractivity (Wildman–Crippen MR) is 92.2 cm³/mol. The Balaban J connectivity index is 2.78. The lowest BCUT2D eigenvalue weighted by Gasteiger charge is -2.23. The second-order valence-corrected chi connectivity index (χ2v) is 7.36. The zero-order valence-corrected chi connectivity index (χ0v) is 15.4. The van der Waals surface area contributed by atoms with E-state index in [1.807, 2.05) is 26.8 Å². The minimum absolute atomic E-state index is 0.00534. The number of hydrogen-bond acceptors (Lipinski definition) is 3. The van der Waals surface area contributed by atoms with Gasteiger partial charge in [-0.15, -0.1) is 0 Å². The Kier molecular flexibility index (Phi) is 6.36. The number of hydrogen-bond donors (Lipinski definition) is 1. The first-order valence-corrected chi connectivity index (χ1v) is 8.16. The summed E-state index contributed by atoms with van der Waals surface area (Å²) in [5, 5.41) is 7.29. The third-order valence-corrected chi connectivity index (χ3v) is 3.49. The van der Waals surface area contributed by atoms with E-state index in [1.54, 1.807) is 16.6 Å². The minimum atomic E-state index is -0.198. The number of rotatable bonds is 6. The number of carbonyl (C=O) groups excluding carboxylic acids is 2. The molecule has 1 rings (SSSR count). The zero-order valence-electron chi connectivity index (χ0n) is 15.4. The Morgan fingerprint density at radius 3 is 2.39 bits per heavy atom. The van der Waals surface area contributed by atoms with Gasteiger partial charge in [0.2, 0.25) is 11.8 Å². The van der Waals surface area contributed by atoms with E-state index >= 15 is 0 Å². The van der Waals surface area contributed by atoms with Gasteiger partial charge in [0, 0.05) is 31.5 Å². The van der Waals surface area contributed by atoms with Crippen LogP contribution in [0.5, 0.6) is 0 Å². The highest BCUT2D eigenvalue weighted by Crippen LogP contribution is 2.23. The summed E-state index contributed by atoms with van der Waals surface area (Å²) in [5.41, 5.74) is 0.835. The maximum absolute atomic E-state index is 12.3. The van der Waals surface area contributed by atoms with Crippen molar-refractivity contribution in [3.05, 3.63) is 11.8 Å². The molecule has 0 aliphatic rings. The Morgan fingerprint density at radius 1 is 1.35 bits per heavy atom. The van der Waals surface area contributed by atoms with E-state index in [1.165, 1.54) is 0 Å². The zero-order chi connectivity index (χ0) is 17.8. The Morgan fingerprint density at radius 2 is 1.96 bits per heavy atom. The molecule has 0 fully saturated rings. The largest absolute Gasteiger partial charge is 0.333 e. The van der Waals surface area contributed by atoms with Crippen LogP contribution in [0.15, 0.2) is 6.07 Å². The number of nitrogens with one attached hydrogen (secondary N) is 1. The van der Waals surface area contributed by atoms with Gasteiger partial charge >= 0.3 is 0 Å². The van der Waals surface area contributed by atoms with E-state index in [2.05, 4.69) is 31.2 Å². The van der Waals surface area contributed by atoms with Crippen molar-refractivity contribution in [2.75, 3.05) is 18.4 Å². The lowest BCUT2D eigenvalue weighted by Crippen LogP contribution is -2.40. The van der Waals surface area contributed by atoms with Gasteiger partial charge in [-0.2, -0.15) is 5.10 Å². The third-order valence-electron chi connectivity index (χ3n) is 3.49. The van der Waals surface area contributed by atoms with Crippen molar-refractivity contribution in [1.82, 2.24) is 14.7 Å². The van der Waals surface area contributed by atoms with Crippen LogP contribution in [0.1, 0.15) is 53.7 Å². The van der Waals surface area contributed by atoms with Crippen molar-refractivity contribution in [1.29, 1.82) is 0 Å². The normalized spacial score (nSPS) is 11.7. The van der Waals surface area contributed by atoms with Crippen LogP contribution in [0.25, 0.3) is 0 Å². The monoisotopic (exact) mass is 322 g/mol. The van der Waals surface area contributed by atoms with E-state index in [9.17, 15) is 9.59 Å². The molecule has 0 aliphatic carbocycles. The molecule has 0 radical (unpaired) electrons. The molecule has 6 heteroatoms. The minimum Gasteiger partial charge on any atom is -0.333 e. The van der Waals surface area contributed by atoms with Crippen molar-refractivity contribution in [2.24, 2.45) is 13.0 Å². The van der Waals surface area contributed by atoms with Gasteiger partial charge < -0.3 is 10.2 Å². The molecule has 1 aromatic heterocycles. The summed E-state index contributed by atoms with van der Waals surface area (Å²) in [6.07, 6.45) is 0.403. The maximum Gasteiger partial charge on any atom is 0.245 e. The second-order valence-electron chi connectivity index (χ2n) is 7.36. The molecule has 130 valence electrons. The molecule has 0 atom stereocenters. The molecular formula is C17H30N4O2. The number of aromatic nitrogens is 2. The van der Waals surface area contributed by atoms with E-state index in [4.69, 9.17) is 0 Å². The summed E-state index contributed by atoms with van der Waals surface area (Å²) < 4.78 is 1.66. The van der Waals surface area contributed by atoms with Crippen molar-refractivity contribution in [3.63, 3.8) is 0 Å². The topological polar surface area (TPSA) is 67.2 Å². The van der Waals surface area contributed by atoms with Crippen molar-refractivity contribution in [3.8, 4) is 0 Å². The van der Waals surface area contributed by atoms with Gasteiger partial charge in [0.25, 0.3) is 0 Å². The number of anilines is 1. The predicted octanol–water partition coefficient (Wildman–Crippen LogP) is 2.55. The van der Waals surface area contributed by atoms with Crippen molar-refractivity contribution < 1.29 is 9.59 Å². The smallest absolute Gasteiger partial charge is 0.245 e. The first-order chi connectivity index (χ1) is 10.5. The number of carbonyl (C=O) groups is 2. The van der Waals surface area contributed by atoms with Crippen LogP contribution in [-0.2, 0) is 22.1 Å². The number of amides is 2. The molecule has 1 heterocycles. The van der Waals surface area contributed by atoms with Crippen LogP contribution in [0.2, 0.25) is 0 Å². The van der Waals surface area contributed by atoms with Crippen LogP contribution < -0.4 is 5.32 Å². The first kappa shape index (κ1) is 19.2. The number of aryl methyl sites for hydroxylation is 1. The quantitative estimate of drug-likeness (QED) is 0.875. The van der Waals surface area contributed by atoms with Gasteiger partial charge in [0.05, 0.1) is 12.2 Å². The standard InChI is InChI=1S/C17H30N4O2/c1-8-16(23)21(10-12(2)3)11-15(22)18-14-9-13(17(4,5)6)19-20(14)7/h9,12H,8,10-11H2,1-7H3,(H,18,22). The fourth-order valence-corrected chi connectivity index (χ4v) is 2.23. The van der Waals surface area contributed by atoms with Gasteiger partial charge in [-0.3, -0.25) is 14.3 Å². The van der Waals surface area contributed by atoms with Crippen molar-refractivity contribution in [2.45, 2.75) is 53.4 Å². The lowest BCUT2D eigenvalue weighted by atomic mass is 9.92. The summed E-state index contributed by atoms with van der Waals surface area (Å²) in [6, 6.07) is 1.88. The van der Waals surface area contributed by atoms with Crippen LogP contribution in [-0.4, -0.2) is 39.6 Å². The second kappa shape index (κ2) is 7.62. The lowest BCUT2D eigenvalue weighted by molar-refractivity contribution is -0.134. The highest BCUT2D eigenvalue weighted by Gasteiger charge is 2.21. The molecular weight excluding hydrogens is 292 g/mol. The highest BCUT2D eigenvalue weighted by molar-refractivity contribution is 5.93. The molecule has 0 saturated heterocycles. The first-order valence-electron chi connectivity index (χ1n) is 8.16. The average molecular weight is 322 g/mol. The molecule has 2 amide bonds. The summed E-state index contributed by atoms with van der Waals surface area (Å²) in [7, 11) is 1.80. The number of nitrogens with zero attached hydrogens (tertiary/aromatic N) is 3. The van der Waals surface area contributed by atoms with E-state index in [0.717, 1.165) is 5.69 Å².